The summed E-state index contributed by atoms with van der Waals surface area (Å²) in [6, 6.07) is 0. The Labute approximate surface area is 101 Å². The molecule has 1 nitrogen and oxygen atoms in total. The van der Waals surface area contributed by atoms with Crippen LogP contribution in [-0.2, 0) is 4.79 Å². The molecule has 0 aromatic heterocycles. The van der Waals surface area contributed by atoms with Crippen molar-refractivity contribution in [3.8, 4) is 0 Å². The second kappa shape index (κ2) is 5.84. The number of ketones is 1. The Morgan fingerprint density at radius 1 is 1.19 bits per heavy atom. The molecule has 0 N–H and O–H groups in total. The van der Waals surface area contributed by atoms with Gasteiger partial charge in [-0.2, -0.15) is 0 Å². The number of carbonyl (C=O) groups excluding carboxylic acids is 1. The summed E-state index contributed by atoms with van der Waals surface area (Å²) in [5.74, 6) is 1.92. The van der Waals surface area contributed by atoms with Crippen LogP contribution in [0.25, 0.3) is 0 Å². The predicted octanol–water partition coefficient (Wildman–Crippen LogP) is 4.60. The van der Waals surface area contributed by atoms with Gasteiger partial charge < -0.3 is 0 Å². The fourth-order valence-electron chi connectivity index (χ4n) is 2.79. The van der Waals surface area contributed by atoms with Gasteiger partial charge in [-0.1, -0.05) is 66.2 Å². The summed E-state index contributed by atoms with van der Waals surface area (Å²) in [5.41, 5.74) is -0.151. The maximum absolute atomic E-state index is 12.1. The molecule has 0 aromatic carbocycles. The molecule has 1 aliphatic rings. The number of hydrogen-bond donors (Lipinski definition) is 0. The summed E-state index contributed by atoms with van der Waals surface area (Å²) in [7, 11) is 0. The van der Waals surface area contributed by atoms with E-state index in [-0.39, 0.29) is 5.41 Å². The van der Waals surface area contributed by atoms with E-state index in [1.165, 1.54) is 38.5 Å². The average Bonchev–Trinajstić information content (AvgIpc) is 2.25. The van der Waals surface area contributed by atoms with Gasteiger partial charge in [0, 0.05) is 11.8 Å². The molecular weight excluding hydrogens is 196 g/mol. The molecule has 0 aliphatic heterocycles. The zero-order valence-electron chi connectivity index (χ0n) is 11.5. The molecule has 16 heavy (non-hydrogen) atoms. The monoisotopic (exact) mass is 224 g/mol. The predicted molar refractivity (Wildman–Crippen MR) is 69.4 cm³/mol. The van der Waals surface area contributed by atoms with Gasteiger partial charge in [-0.25, -0.2) is 0 Å². The smallest absolute Gasteiger partial charge is 0.138 e. The number of Topliss-reactive ketones (excluding diaryl/α,β-unsaturated/α-hetero) is 1. The molecule has 0 radical (unpaired) electrons. The van der Waals surface area contributed by atoms with E-state index >= 15 is 0 Å². The van der Waals surface area contributed by atoms with Crippen LogP contribution in [0.15, 0.2) is 0 Å². The number of carbonyl (C=O) groups is 1. The first-order valence-electron chi connectivity index (χ1n) is 6.98. The second-order valence-corrected chi connectivity index (χ2v) is 6.44. The minimum absolute atomic E-state index is 0.151. The summed E-state index contributed by atoms with van der Waals surface area (Å²) in [6.07, 6.45) is 8.86. The zero-order chi connectivity index (χ0) is 12.2. The molecule has 0 unspecified atom stereocenters. The number of rotatable bonds is 4. The lowest BCUT2D eigenvalue weighted by Crippen LogP contribution is -2.27. The van der Waals surface area contributed by atoms with Gasteiger partial charge in [0.15, 0.2) is 0 Å². The third-order valence-electron chi connectivity index (χ3n) is 4.12. The van der Waals surface area contributed by atoms with E-state index in [0.717, 1.165) is 12.3 Å². The van der Waals surface area contributed by atoms with Crippen LogP contribution in [0.3, 0.4) is 0 Å². The molecule has 1 saturated carbocycles. The van der Waals surface area contributed by atoms with Gasteiger partial charge in [-0.05, 0) is 11.8 Å². The zero-order valence-corrected chi connectivity index (χ0v) is 11.5. The Bertz CT molecular complexity index is 218. The molecule has 0 heterocycles. The molecule has 0 amide bonds. The molecule has 0 saturated heterocycles. The van der Waals surface area contributed by atoms with E-state index in [2.05, 4.69) is 6.92 Å². The highest BCUT2D eigenvalue weighted by Crippen LogP contribution is 2.35. The Kier molecular flexibility index (Phi) is 5.01. The molecule has 0 bridgehead atoms. The summed E-state index contributed by atoms with van der Waals surface area (Å²) in [5, 5.41) is 0. The maximum Gasteiger partial charge on any atom is 0.138 e. The first-order valence-corrected chi connectivity index (χ1v) is 6.98. The van der Waals surface area contributed by atoms with Gasteiger partial charge in [0.2, 0.25) is 0 Å². The van der Waals surface area contributed by atoms with Crippen molar-refractivity contribution < 1.29 is 4.79 Å². The summed E-state index contributed by atoms with van der Waals surface area (Å²) in [4.78, 5) is 12.1. The highest BCUT2D eigenvalue weighted by molar-refractivity contribution is 5.83. The fraction of sp³-hybridized carbons (Fsp3) is 0.933. The lowest BCUT2D eigenvalue weighted by atomic mass is 9.74. The van der Waals surface area contributed by atoms with Crippen LogP contribution in [0.1, 0.15) is 72.6 Å². The van der Waals surface area contributed by atoms with Crippen LogP contribution >= 0.6 is 0 Å². The van der Waals surface area contributed by atoms with Crippen molar-refractivity contribution >= 4 is 5.78 Å². The Morgan fingerprint density at radius 2 is 1.75 bits per heavy atom. The van der Waals surface area contributed by atoms with Crippen molar-refractivity contribution in [2.45, 2.75) is 72.6 Å². The summed E-state index contributed by atoms with van der Waals surface area (Å²) >= 11 is 0. The van der Waals surface area contributed by atoms with Gasteiger partial charge in [0.05, 0.1) is 0 Å². The SMILES string of the molecule is CC[C@@H](CC(=O)C(C)(C)C)C1CCCCC1. The second-order valence-electron chi connectivity index (χ2n) is 6.44. The van der Waals surface area contributed by atoms with Crippen LogP contribution in [0.4, 0.5) is 0 Å². The van der Waals surface area contributed by atoms with Gasteiger partial charge in [-0.3, -0.25) is 4.79 Å². The van der Waals surface area contributed by atoms with Crippen molar-refractivity contribution in [1.29, 1.82) is 0 Å². The van der Waals surface area contributed by atoms with Gasteiger partial charge in [-0.15, -0.1) is 0 Å². The van der Waals surface area contributed by atoms with E-state index < -0.39 is 0 Å². The molecule has 1 atom stereocenters. The van der Waals surface area contributed by atoms with Crippen LogP contribution in [-0.4, -0.2) is 5.78 Å². The summed E-state index contributed by atoms with van der Waals surface area (Å²) < 4.78 is 0. The molecule has 1 heteroatoms. The van der Waals surface area contributed by atoms with Crippen molar-refractivity contribution in [1.82, 2.24) is 0 Å². The Morgan fingerprint density at radius 3 is 2.19 bits per heavy atom. The minimum atomic E-state index is -0.151. The van der Waals surface area contributed by atoms with Crippen molar-refractivity contribution in [3.63, 3.8) is 0 Å². The van der Waals surface area contributed by atoms with Gasteiger partial charge in [0.25, 0.3) is 0 Å². The lowest BCUT2D eigenvalue weighted by Gasteiger charge is -2.31. The van der Waals surface area contributed by atoms with E-state index in [1.54, 1.807) is 0 Å². The third-order valence-corrected chi connectivity index (χ3v) is 4.12. The Hall–Kier alpha value is -0.330. The Balaban J connectivity index is 2.50. The van der Waals surface area contributed by atoms with Crippen LogP contribution in [0.5, 0.6) is 0 Å². The van der Waals surface area contributed by atoms with E-state index in [9.17, 15) is 4.79 Å². The van der Waals surface area contributed by atoms with Crippen molar-refractivity contribution in [2.24, 2.45) is 17.3 Å². The number of hydrogen-bond acceptors (Lipinski definition) is 1. The largest absolute Gasteiger partial charge is 0.299 e. The van der Waals surface area contributed by atoms with Crippen molar-refractivity contribution in [2.75, 3.05) is 0 Å². The molecule has 94 valence electrons. The highest BCUT2D eigenvalue weighted by atomic mass is 16.1. The maximum atomic E-state index is 12.1. The lowest BCUT2D eigenvalue weighted by molar-refractivity contribution is -0.127. The average molecular weight is 224 g/mol. The van der Waals surface area contributed by atoms with Crippen LogP contribution in [0, 0.1) is 17.3 Å². The molecule has 0 spiro atoms. The van der Waals surface area contributed by atoms with E-state index in [1.807, 2.05) is 20.8 Å². The highest BCUT2D eigenvalue weighted by Gasteiger charge is 2.28. The van der Waals surface area contributed by atoms with Crippen molar-refractivity contribution in [3.05, 3.63) is 0 Å². The molecule has 1 fully saturated rings. The molecular formula is C15H28O. The standard InChI is InChI=1S/C15H28O/c1-5-12(11-14(16)15(2,3)4)13-9-7-6-8-10-13/h12-13H,5-11H2,1-4H3/t12-/m0/s1. The third kappa shape index (κ3) is 3.92. The first kappa shape index (κ1) is 13.7. The first-order chi connectivity index (χ1) is 7.45. The summed E-state index contributed by atoms with van der Waals surface area (Å²) in [6.45, 7) is 8.38. The minimum Gasteiger partial charge on any atom is -0.299 e. The van der Waals surface area contributed by atoms with E-state index in [4.69, 9.17) is 0 Å². The van der Waals surface area contributed by atoms with Crippen LogP contribution < -0.4 is 0 Å². The quantitative estimate of drug-likeness (QED) is 0.682. The van der Waals surface area contributed by atoms with Gasteiger partial charge >= 0.3 is 0 Å². The molecule has 0 aromatic rings. The van der Waals surface area contributed by atoms with E-state index in [0.29, 0.717) is 11.7 Å². The van der Waals surface area contributed by atoms with Gasteiger partial charge in [0.1, 0.15) is 5.78 Å². The fourth-order valence-corrected chi connectivity index (χ4v) is 2.79. The van der Waals surface area contributed by atoms with Crippen LogP contribution in [0.2, 0.25) is 0 Å². The molecule has 1 aliphatic carbocycles. The molecule has 1 rings (SSSR count). The normalized spacial score (nSPS) is 20.8. The topological polar surface area (TPSA) is 17.1 Å².